The third-order valence-corrected chi connectivity index (χ3v) is 7.41. The number of sulfonamides is 1. The average molecular weight is 412 g/mol. The summed E-state index contributed by atoms with van der Waals surface area (Å²) in [5.41, 5.74) is 1.27. The van der Waals surface area contributed by atoms with E-state index in [9.17, 15) is 13.2 Å². The topological polar surface area (TPSA) is 82.9 Å². The van der Waals surface area contributed by atoms with Crippen LogP contribution in [0.1, 0.15) is 42.8 Å². The minimum atomic E-state index is -3.14. The van der Waals surface area contributed by atoms with Crippen molar-refractivity contribution in [3.63, 3.8) is 0 Å². The van der Waals surface area contributed by atoms with E-state index in [-0.39, 0.29) is 11.8 Å². The van der Waals surface area contributed by atoms with Gasteiger partial charge >= 0.3 is 0 Å². The molecule has 0 spiro atoms. The van der Waals surface area contributed by atoms with E-state index in [4.69, 9.17) is 4.42 Å². The minimum Gasteiger partial charge on any atom is -0.466 e. The van der Waals surface area contributed by atoms with Crippen molar-refractivity contribution in [2.75, 3.05) is 39.0 Å². The Balaban J connectivity index is 1.36. The molecule has 0 aliphatic carbocycles. The molecule has 7 nitrogen and oxygen atoms in total. The fourth-order valence-corrected chi connectivity index (χ4v) is 5.14. The predicted molar refractivity (Wildman–Crippen MR) is 108 cm³/mol. The summed E-state index contributed by atoms with van der Waals surface area (Å²) in [5, 5.41) is 3.11. The van der Waals surface area contributed by atoms with Gasteiger partial charge in [0.2, 0.25) is 15.9 Å². The Bertz CT molecular complexity index is 773. The normalized spacial score (nSPS) is 21.1. The van der Waals surface area contributed by atoms with Gasteiger partial charge in [-0.15, -0.1) is 0 Å². The second-order valence-electron chi connectivity index (χ2n) is 8.34. The summed E-state index contributed by atoms with van der Waals surface area (Å²) in [5.74, 6) is 2.51. The lowest BCUT2D eigenvalue weighted by Crippen LogP contribution is -2.44. The van der Waals surface area contributed by atoms with Gasteiger partial charge in [-0.25, -0.2) is 12.7 Å². The number of piperidine rings is 2. The third kappa shape index (κ3) is 5.58. The predicted octanol–water partition coefficient (Wildman–Crippen LogP) is 1.90. The summed E-state index contributed by atoms with van der Waals surface area (Å²) in [6.07, 6.45) is 4.63. The summed E-state index contributed by atoms with van der Waals surface area (Å²) in [6, 6.07) is 2.12. The fourth-order valence-electron chi connectivity index (χ4n) is 4.27. The van der Waals surface area contributed by atoms with Gasteiger partial charge < -0.3 is 9.73 Å². The molecule has 0 aromatic carbocycles. The largest absolute Gasteiger partial charge is 0.466 e. The summed E-state index contributed by atoms with van der Waals surface area (Å²) in [4.78, 5) is 14.9. The fraction of sp³-hybridized carbons (Fsp3) is 0.750. The highest BCUT2D eigenvalue weighted by Gasteiger charge is 2.29. The first-order valence-electron chi connectivity index (χ1n) is 10.2. The van der Waals surface area contributed by atoms with Crippen molar-refractivity contribution in [2.24, 2.45) is 11.8 Å². The van der Waals surface area contributed by atoms with Crippen LogP contribution in [0.2, 0.25) is 0 Å². The lowest BCUT2D eigenvalue weighted by Gasteiger charge is -2.33. The summed E-state index contributed by atoms with van der Waals surface area (Å²) < 4.78 is 30.2. The molecule has 0 radical (unpaired) electrons. The number of hydrogen-bond acceptors (Lipinski definition) is 5. The van der Waals surface area contributed by atoms with Crippen LogP contribution in [0.3, 0.4) is 0 Å². The highest BCUT2D eigenvalue weighted by atomic mass is 32.2. The van der Waals surface area contributed by atoms with Gasteiger partial charge in [0.15, 0.2) is 0 Å². The molecule has 2 fully saturated rings. The maximum absolute atomic E-state index is 12.4. The van der Waals surface area contributed by atoms with Crippen LogP contribution in [-0.2, 0) is 21.4 Å². The van der Waals surface area contributed by atoms with Gasteiger partial charge in [-0.3, -0.25) is 9.69 Å². The first kappa shape index (κ1) is 21.3. The quantitative estimate of drug-likeness (QED) is 0.773. The molecule has 1 amide bonds. The molecule has 0 bridgehead atoms. The van der Waals surface area contributed by atoms with Crippen LogP contribution in [0.5, 0.6) is 0 Å². The summed E-state index contributed by atoms with van der Waals surface area (Å²) in [6.45, 7) is 8.63. The molecule has 1 aromatic rings. The third-order valence-electron chi connectivity index (χ3n) is 6.10. The minimum absolute atomic E-state index is 0.0644. The Morgan fingerprint density at radius 3 is 2.32 bits per heavy atom. The lowest BCUT2D eigenvalue weighted by molar-refractivity contribution is -0.126. The zero-order valence-electron chi connectivity index (χ0n) is 17.2. The van der Waals surface area contributed by atoms with Crippen molar-refractivity contribution in [1.29, 1.82) is 0 Å². The van der Waals surface area contributed by atoms with Crippen molar-refractivity contribution in [3.8, 4) is 0 Å². The maximum Gasteiger partial charge on any atom is 0.223 e. The van der Waals surface area contributed by atoms with Gasteiger partial charge in [0.25, 0.3) is 0 Å². The van der Waals surface area contributed by atoms with Crippen molar-refractivity contribution >= 4 is 15.9 Å². The summed E-state index contributed by atoms with van der Waals surface area (Å²) in [7, 11) is -3.14. The number of furan rings is 1. The number of aryl methyl sites for hydroxylation is 2. The standard InChI is InChI=1S/C20H33N3O4S/c1-15-12-19(16(2)27-15)14-22-8-4-17(5-9-22)13-21-20(24)18-6-10-23(11-7-18)28(3,25)26/h12,17-18H,4-11,13-14H2,1-3H3,(H,21,24). The van der Waals surface area contributed by atoms with E-state index >= 15 is 0 Å². The SMILES string of the molecule is Cc1cc(CN2CCC(CNC(=O)C3CCN(S(C)(=O)=O)CC3)CC2)c(C)o1. The van der Waals surface area contributed by atoms with Gasteiger partial charge in [0.1, 0.15) is 11.5 Å². The monoisotopic (exact) mass is 411 g/mol. The second-order valence-corrected chi connectivity index (χ2v) is 10.3. The van der Waals surface area contributed by atoms with Crippen LogP contribution in [-0.4, -0.2) is 62.5 Å². The zero-order chi connectivity index (χ0) is 20.3. The van der Waals surface area contributed by atoms with Crippen LogP contribution in [0, 0.1) is 25.7 Å². The van der Waals surface area contributed by atoms with Crippen LogP contribution < -0.4 is 5.32 Å². The van der Waals surface area contributed by atoms with Crippen LogP contribution in [0.15, 0.2) is 10.5 Å². The molecule has 2 saturated heterocycles. The van der Waals surface area contributed by atoms with E-state index in [1.54, 1.807) is 0 Å². The van der Waals surface area contributed by atoms with Crippen LogP contribution in [0.4, 0.5) is 0 Å². The molecule has 2 aliphatic rings. The van der Waals surface area contributed by atoms with Crippen molar-refractivity contribution < 1.29 is 17.6 Å². The first-order valence-corrected chi connectivity index (χ1v) is 12.1. The number of rotatable bonds is 6. The molecule has 1 aromatic heterocycles. The Morgan fingerprint density at radius 2 is 1.79 bits per heavy atom. The van der Waals surface area contributed by atoms with Gasteiger partial charge in [-0.2, -0.15) is 0 Å². The number of likely N-dealkylation sites (tertiary alicyclic amines) is 1. The highest BCUT2D eigenvalue weighted by Crippen LogP contribution is 2.22. The molecule has 3 rings (SSSR count). The Kier molecular flexibility index (Phi) is 6.83. The average Bonchev–Trinajstić information content (AvgIpc) is 2.97. The maximum atomic E-state index is 12.4. The van der Waals surface area contributed by atoms with E-state index in [1.807, 2.05) is 13.8 Å². The first-order chi connectivity index (χ1) is 13.2. The Morgan fingerprint density at radius 1 is 1.14 bits per heavy atom. The van der Waals surface area contributed by atoms with Gasteiger partial charge in [-0.1, -0.05) is 0 Å². The smallest absolute Gasteiger partial charge is 0.223 e. The number of carbonyl (C=O) groups is 1. The van der Waals surface area contributed by atoms with Crippen molar-refractivity contribution in [2.45, 2.75) is 46.1 Å². The molecular weight excluding hydrogens is 378 g/mol. The number of carbonyl (C=O) groups excluding carboxylic acids is 1. The zero-order valence-corrected chi connectivity index (χ0v) is 18.1. The van der Waals surface area contributed by atoms with E-state index in [0.717, 1.165) is 50.5 Å². The van der Waals surface area contributed by atoms with E-state index < -0.39 is 10.0 Å². The van der Waals surface area contributed by atoms with Gasteiger partial charge in [0.05, 0.1) is 6.26 Å². The molecule has 0 atom stereocenters. The molecule has 0 unspecified atom stereocenters. The van der Waals surface area contributed by atoms with E-state index in [1.165, 1.54) is 16.1 Å². The molecule has 158 valence electrons. The number of nitrogens with zero attached hydrogens (tertiary/aromatic N) is 2. The van der Waals surface area contributed by atoms with Gasteiger partial charge in [-0.05, 0) is 64.6 Å². The molecule has 1 N–H and O–H groups in total. The summed E-state index contributed by atoms with van der Waals surface area (Å²) >= 11 is 0. The van der Waals surface area contributed by atoms with E-state index in [0.29, 0.717) is 31.8 Å². The molecule has 0 saturated carbocycles. The lowest BCUT2D eigenvalue weighted by atomic mass is 9.94. The van der Waals surface area contributed by atoms with Crippen molar-refractivity contribution in [3.05, 3.63) is 23.2 Å². The van der Waals surface area contributed by atoms with Crippen LogP contribution in [0.25, 0.3) is 0 Å². The molecule has 3 heterocycles. The molecule has 8 heteroatoms. The van der Waals surface area contributed by atoms with Crippen molar-refractivity contribution in [1.82, 2.24) is 14.5 Å². The van der Waals surface area contributed by atoms with Gasteiger partial charge in [0, 0.05) is 37.7 Å². The highest BCUT2D eigenvalue weighted by molar-refractivity contribution is 7.88. The molecular formula is C20H33N3O4S. The second kappa shape index (κ2) is 8.97. The van der Waals surface area contributed by atoms with Crippen LogP contribution >= 0.6 is 0 Å². The Hall–Kier alpha value is -1.38. The van der Waals surface area contributed by atoms with E-state index in [2.05, 4.69) is 16.3 Å². The Labute approximate surface area is 168 Å². The molecule has 2 aliphatic heterocycles. The number of hydrogen-bond donors (Lipinski definition) is 1. The molecule has 28 heavy (non-hydrogen) atoms. The number of amides is 1. The number of nitrogens with one attached hydrogen (secondary N) is 1.